The van der Waals surface area contributed by atoms with Crippen molar-refractivity contribution in [3.8, 4) is 0 Å². The number of benzene rings is 3. The third-order valence-electron chi connectivity index (χ3n) is 15.2. The van der Waals surface area contributed by atoms with Crippen LogP contribution in [0.2, 0.25) is 0 Å². The first-order valence-electron chi connectivity index (χ1n) is 31.5. The summed E-state index contributed by atoms with van der Waals surface area (Å²) in [6, 6.07) is 5.22. The molecule has 3 aromatic rings. The van der Waals surface area contributed by atoms with E-state index < -0.39 is 340 Å². The third-order valence-corrected chi connectivity index (χ3v) is 21.6. The maximum absolute atomic E-state index is 15.7. The molecule has 2 aliphatic heterocycles. The molecule has 96 heteroatoms. The van der Waals surface area contributed by atoms with E-state index in [1.165, 1.54) is 22.8 Å². The van der Waals surface area contributed by atoms with Gasteiger partial charge in [0.2, 0.25) is 125 Å². The molecular weight excluding hydrogens is 2400 g/mol. The molecule has 734 valence electrons. The summed E-state index contributed by atoms with van der Waals surface area (Å²) in [4.78, 5) is 57.8. The minimum atomic E-state index is -7.03. The average Bonchev–Trinajstić information content (AvgIpc) is 0.746. The van der Waals surface area contributed by atoms with Crippen molar-refractivity contribution in [3.63, 3.8) is 0 Å². The van der Waals surface area contributed by atoms with Crippen molar-refractivity contribution in [1.29, 1.82) is 0 Å². The molecule has 18 atom stereocenters. The smallest absolute Gasteiger partial charge is 0.827 e. The molecule has 4 amide bonds. The molecule has 0 spiro atoms. The molecule has 0 radical (unpaired) electrons. The summed E-state index contributed by atoms with van der Waals surface area (Å²) in [6.07, 6.45) is -57.4. The average molecular weight is 2450 g/mol. The van der Waals surface area contributed by atoms with Crippen LogP contribution in [0.1, 0.15) is 31.8 Å². The first kappa shape index (κ1) is 169. The molecule has 0 bridgehead atoms. The van der Waals surface area contributed by atoms with Crippen LogP contribution < -0.4 is 445 Å². The molecule has 68 nitrogen and oxygen atoms in total. The van der Waals surface area contributed by atoms with Crippen LogP contribution in [0.25, 0.3) is 0 Å². The van der Waals surface area contributed by atoms with Crippen LogP contribution in [0.5, 0.6) is 0 Å². The van der Waals surface area contributed by atoms with Crippen molar-refractivity contribution < 1.29 is 693 Å². The predicted octanol–water partition coefficient (Wildman–Crippen LogP) is -58.6. The van der Waals surface area contributed by atoms with E-state index in [-0.39, 0.29) is 420 Å². The van der Waals surface area contributed by atoms with E-state index in [4.69, 9.17) is 14.0 Å². The van der Waals surface area contributed by atoms with Gasteiger partial charge in [-0.1, -0.05) is 66.7 Å². The summed E-state index contributed by atoms with van der Waals surface area (Å²) >= 11 is 0. The Balaban J connectivity index is -0.00000156. The largest absolute Gasteiger partial charge is 1.00 e. The van der Waals surface area contributed by atoms with Crippen LogP contribution in [-0.4, -0.2) is 341 Å². The van der Waals surface area contributed by atoms with E-state index in [1.54, 1.807) is 10.6 Å². The van der Waals surface area contributed by atoms with Gasteiger partial charge >= 0.3 is 435 Å². The number of rotatable bonds is 50. The number of ether oxygens (including phenoxy) is 2. The molecule has 2 heterocycles. The van der Waals surface area contributed by atoms with Gasteiger partial charge in [-0.3, -0.25) is 78.5 Å². The van der Waals surface area contributed by atoms with Gasteiger partial charge in [-0.25, -0.2) is 109 Å². The van der Waals surface area contributed by atoms with E-state index in [0.717, 1.165) is 48.5 Å². The van der Waals surface area contributed by atoms with E-state index in [0.29, 0.717) is 18.2 Å². The molecule has 6 N–H and O–H groups in total. The van der Waals surface area contributed by atoms with E-state index in [2.05, 4.69) is 58.6 Å². The van der Waals surface area contributed by atoms with Crippen LogP contribution in [0, 0.1) is 0 Å². The van der Waals surface area contributed by atoms with Crippen molar-refractivity contribution in [2.45, 2.75) is 122 Å². The third kappa shape index (κ3) is 65.7. The predicted molar refractivity (Wildman–Crippen MR) is 360 cm³/mol. The van der Waals surface area contributed by atoms with Gasteiger partial charge in [0, 0.05) is 35.8 Å². The van der Waals surface area contributed by atoms with Gasteiger partial charge < -0.3 is 95.6 Å². The zero-order valence-electron chi connectivity index (χ0n) is 74.5. The van der Waals surface area contributed by atoms with Crippen molar-refractivity contribution in [2.75, 3.05) is 26.3 Å². The van der Waals surface area contributed by atoms with Gasteiger partial charge in [0.15, 0.2) is 12.2 Å². The van der Waals surface area contributed by atoms with Crippen molar-refractivity contribution >= 4 is 169 Å². The van der Waals surface area contributed by atoms with Gasteiger partial charge in [-0.2, -0.15) is 16.8 Å². The van der Waals surface area contributed by atoms with Gasteiger partial charge in [0.1, 0.15) is 73.2 Å². The van der Waals surface area contributed by atoms with E-state index in [9.17, 15) is 196 Å². The molecule has 0 saturated carbocycles. The number of amides is 4. The molecular formula is C46H48N4Na14O64S14. The number of hydrogen-bond acceptors (Lipinski definition) is 62. The van der Waals surface area contributed by atoms with Gasteiger partial charge in [0.05, 0.1) is 25.3 Å². The molecule has 2 aliphatic rings. The fourth-order valence-corrected chi connectivity index (χ4v) is 17.6. The van der Waals surface area contributed by atoms with E-state index in [1.807, 2.05) is 0 Å². The Morgan fingerprint density at radius 1 is 0.317 bits per heavy atom. The van der Waals surface area contributed by atoms with E-state index >= 15 is 10.2 Å². The van der Waals surface area contributed by atoms with Crippen LogP contribution in [-0.2, 0) is 236 Å². The monoisotopic (exact) mass is 2450 g/mol. The first-order chi connectivity index (χ1) is 57.5. The summed E-state index contributed by atoms with van der Waals surface area (Å²) < 4.78 is 570. The number of nitrogens with one attached hydrogen (secondary N) is 4. The molecule has 0 aromatic heterocycles. The second-order valence-electron chi connectivity index (χ2n) is 24.3. The summed E-state index contributed by atoms with van der Waals surface area (Å²) in [5.41, 5.74) is -3.45. The Kier molecular flexibility index (Phi) is 83.1. The zero-order valence-corrected chi connectivity index (χ0v) is 114. The summed E-state index contributed by atoms with van der Waals surface area (Å²) in [5, 5.41) is 37.0. The summed E-state index contributed by atoms with van der Waals surface area (Å²) in [5.74, 6) is -18.2. The van der Waals surface area contributed by atoms with Crippen molar-refractivity contribution in [1.82, 2.24) is 21.3 Å². The summed E-state index contributed by atoms with van der Waals surface area (Å²) in [6.45, 7) is -9.62. The zero-order chi connectivity index (χ0) is 98.1. The molecule has 5 rings (SSSR count). The topological polar surface area (TPSA) is 1110 Å². The SMILES string of the molecule is O=C(N[C@@H]1[C@@H](OS(=O)(=O)[O-])[C@H](OS(=O)(=O)[O-])[C@@H](CNC(=O)[C@H](OS(=O)(=O)[O-])[C@@H](OS(=O)(=O)[O-])[C@H](OS(=O)(=O)[O-])[C@@H](COS(=O)(=O)[O-])OS(=O)(=O)[O-])O[C@@]1([O-])Cc1ccccc1)c1cccc(C(=O)N[C@@H]2[C@@H](OS(=O)(=O)[O-])[C@H](OS(=O)(=O)[O-])[C@@H](CNC(=O)[C@H](OS(=O)(=O)[O-])[C@@H](OS(=O)(=O)[O-])[C@H](OS(=O)(=O)[O-])[C@@H](COS(=O)(=O)O)OS(=O)(=O)O)O[C@@]2([O-])Cc2ccccc2)c1.[Na+].[Na+].[Na+].[Na+].[Na+].[Na+].[Na+].[Na+].[Na+].[Na+].[Na+].[Na+].[Na+].[Na+]. The fraction of sp³-hybridized carbons (Fsp3) is 0.522. The maximum atomic E-state index is 15.7. The van der Waals surface area contributed by atoms with Crippen LogP contribution in [0.4, 0.5) is 0 Å². The maximum Gasteiger partial charge on any atom is 1.00 e. The molecule has 2 saturated heterocycles. The minimum Gasteiger partial charge on any atom is -0.827 e. The van der Waals surface area contributed by atoms with Gasteiger partial charge in [-0.15, -0.1) is 0 Å². The summed E-state index contributed by atoms with van der Waals surface area (Å²) in [7, 11) is -94.7. The normalized spacial score (nSPS) is 21.4. The Labute approximate surface area is 1120 Å². The molecule has 0 aliphatic carbocycles. The Morgan fingerprint density at radius 2 is 0.577 bits per heavy atom. The molecule has 142 heavy (non-hydrogen) atoms. The first-order valence-corrected chi connectivity index (χ1v) is 50.2. The second-order valence-corrected chi connectivity index (χ2v) is 38.6. The quantitative estimate of drug-likeness (QED) is 0.0174. The second kappa shape index (κ2) is 69.6. The standard InChI is InChI=1S/C46H60N4O64S14.14Na/c51-41(49-39-35(111-125(87,88)89)29(105-119(69,70)71)25(101-45(39,55)15-21-8-3-1-4-9-21)17-47-43(53)37(113-127(93,94)95)33(109-123(81,82)83)31(107-121(75,76)77)27(103-117(63,64)65)19-99-115(57,58)59)23-12-7-13-24(14-23)42(52)50-40-36(112-126(90,91)92)30(106-120(72,73)74)26(102-46(40,56)16-22-10-5-2-6-11-22)18-48-44(54)38(114-128(96,97)98)34(110-124(84,85)86)32(108-122(78,79)80)28(104-118(66,67)68)20-100-116(60,61)62;;;;;;;;;;;;;;/h1-14,25-40H,15-20H2,(H,47,53)(H,48,54)(H,49,51)(H,50,52)(H,57,58,59)(H,60,61,62)(H,63,64,65)(H,66,67,68)(H,69,70,71)(H,72,73,74)(H,75,76,77)(H,78,79,80)(H,81,82,83)(H,84,85,86)(H,87,88,89)(H,90,91,92)(H,93,94,95)(H,96,97,98);;;;;;;;;;;;;;/q-2;14*+1/p-12/t25-,26-,27-,28-,29-,30-,31-,32-,33+,34+,35+,36+,37-,38-,39-,40-,45+,46+;;;;;;;;;;;;;;/m1............../s1. The van der Waals surface area contributed by atoms with Crippen LogP contribution in [0.15, 0.2) is 84.9 Å². The number of carbonyl (C=O) groups is 4. The van der Waals surface area contributed by atoms with Crippen molar-refractivity contribution in [2.24, 2.45) is 0 Å². The van der Waals surface area contributed by atoms with Crippen LogP contribution >= 0.6 is 0 Å². The number of hydrogen-bond donors (Lipinski definition) is 6. The fourth-order valence-electron chi connectivity index (χ4n) is 11.2. The number of carbonyl (C=O) groups excluding carboxylic acids is 4. The Hall–Kier alpha value is 7.56. The Bertz CT molecular complexity index is 5930. The molecule has 2 fully saturated rings. The Morgan fingerprint density at radius 3 is 0.831 bits per heavy atom. The van der Waals surface area contributed by atoms with Crippen molar-refractivity contribution in [3.05, 3.63) is 107 Å². The minimum absolute atomic E-state index is 0. The molecule has 0 unspecified atom stereocenters. The van der Waals surface area contributed by atoms with Gasteiger partial charge in [0.25, 0.3) is 23.6 Å². The van der Waals surface area contributed by atoms with Crippen LogP contribution in [0.3, 0.4) is 0 Å². The van der Waals surface area contributed by atoms with Gasteiger partial charge in [-0.05, 0) is 42.2 Å². The molecule has 3 aromatic carbocycles.